The molecule has 1 N–H and O–H groups in total. The Hall–Kier alpha value is -2.92. The van der Waals surface area contributed by atoms with Gasteiger partial charge in [0, 0.05) is 24.8 Å². The molecule has 4 rings (SSSR count). The van der Waals surface area contributed by atoms with Crippen LogP contribution in [0.2, 0.25) is 5.02 Å². The minimum atomic E-state index is -4.72. The number of carbonyl (C=O) groups excluding carboxylic acids is 1. The van der Waals surface area contributed by atoms with Gasteiger partial charge in [0.2, 0.25) is 0 Å². The van der Waals surface area contributed by atoms with Crippen molar-refractivity contribution in [2.75, 3.05) is 0 Å². The van der Waals surface area contributed by atoms with Gasteiger partial charge in [-0.1, -0.05) is 17.7 Å². The van der Waals surface area contributed by atoms with E-state index in [4.69, 9.17) is 11.6 Å². The average Bonchev–Trinajstić information content (AvgIpc) is 3.40. The van der Waals surface area contributed by atoms with Gasteiger partial charge in [0.25, 0.3) is 5.91 Å². The molecular formula is C19H16ClF3N6OS. The minimum Gasteiger partial charge on any atom is -0.346 e. The molecule has 0 saturated carbocycles. The Labute approximate surface area is 183 Å². The molecule has 0 aromatic carbocycles. The fourth-order valence-electron chi connectivity index (χ4n) is 3.21. The van der Waals surface area contributed by atoms with E-state index in [1.54, 1.807) is 36.2 Å². The Morgan fingerprint density at radius 3 is 2.61 bits per heavy atom. The largest absolute Gasteiger partial charge is 0.433 e. The van der Waals surface area contributed by atoms with Gasteiger partial charge in [-0.25, -0.2) is 9.50 Å². The van der Waals surface area contributed by atoms with Gasteiger partial charge < -0.3 is 5.32 Å². The van der Waals surface area contributed by atoms with Crippen LogP contribution in [0.5, 0.6) is 0 Å². The van der Waals surface area contributed by atoms with Gasteiger partial charge in [-0.05, 0) is 31.4 Å². The summed E-state index contributed by atoms with van der Waals surface area (Å²) in [6.45, 7) is 3.79. The molecule has 0 unspecified atom stereocenters. The summed E-state index contributed by atoms with van der Waals surface area (Å²) in [4.78, 5) is 17.5. The number of rotatable bonds is 4. The fraction of sp³-hybridized carbons (Fsp3) is 0.263. The van der Waals surface area contributed by atoms with Crippen molar-refractivity contribution in [2.24, 2.45) is 7.05 Å². The summed E-state index contributed by atoms with van der Waals surface area (Å²) in [5, 5.41) is 12.2. The number of amides is 1. The molecule has 0 bridgehead atoms. The van der Waals surface area contributed by atoms with E-state index in [0.29, 0.717) is 9.39 Å². The van der Waals surface area contributed by atoms with Crippen LogP contribution in [0.1, 0.15) is 33.1 Å². The first kappa shape index (κ1) is 21.3. The van der Waals surface area contributed by atoms with Gasteiger partial charge in [-0.15, -0.1) is 11.3 Å². The second kappa shape index (κ2) is 7.65. The number of hydrogen-bond acceptors (Lipinski definition) is 5. The van der Waals surface area contributed by atoms with Crippen LogP contribution in [0, 0.1) is 13.8 Å². The zero-order valence-corrected chi connectivity index (χ0v) is 18.2. The number of halogens is 4. The van der Waals surface area contributed by atoms with E-state index in [-0.39, 0.29) is 28.6 Å². The lowest BCUT2D eigenvalue weighted by atomic mass is 10.2. The van der Waals surface area contributed by atoms with Gasteiger partial charge in [-0.2, -0.15) is 23.4 Å². The van der Waals surface area contributed by atoms with Crippen LogP contribution in [-0.4, -0.2) is 30.3 Å². The first-order valence-electron chi connectivity index (χ1n) is 9.05. The Balaban J connectivity index is 1.75. The maximum absolute atomic E-state index is 13.7. The van der Waals surface area contributed by atoms with Crippen LogP contribution >= 0.6 is 22.9 Å². The molecule has 4 aromatic rings. The zero-order valence-electron chi connectivity index (χ0n) is 16.6. The molecule has 4 aromatic heterocycles. The molecule has 0 spiro atoms. The SMILES string of the molecule is Cc1nn(C)c(C)c1CNC(=O)c1nn2c(C(F)(F)F)cc(-c3cccs3)nc2c1Cl. The van der Waals surface area contributed by atoms with Crippen molar-refractivity contribution >= 4 is 34.5 Å². The van der Waals surface area contributed by atoms with Crippen LogP contribution in [0.4, 0.5) is 13.2 Å². The van der Waals surface area contributed by atoms with Crippen LogP contribution in [0.25, 0.3) is 16.2 Å². The van der Waals surface area contributed by atoms with E-state index in [1.165, 1.54) is 11.3 Å². The summed E-state index contributed by atoms with van der Waals surface area (Å²) < 4.78 is 43.4. The van der Waals surface area contributed by atoms with E-state index in [2.05, 4.69) is 20.5 Å². The summed E-state index contributed by atoms with van der Waals surface area (Å²) in [6.07, 6.45) is -4.72. The van der Waals surface area contributed by atoms with E-state index >= 15 is 0 Å². The fourth-order valence-corrected chi connectivity index (χ4v) is 4.15. The lowest BCUT2D eigenvalue weighted by Crippen LogP contribution is -2.24. The Morgan fingerprint density at radius 2 is 2.03 bits per heavy atom. The Bertz CT molecular complexity index is 1290. The zero-order chi connectivity index (χ0) is 22.5. The molecule has 7 nitrogen and oxygen atoms in total. The van der Waals surface area contributed by atoms with E-state index < -0.39 is 17.8 Å². The number of hydrogen-bond donors (Lipinski definition) is 1. The highest BCUT2D eigenvalue weighted by molar-refractivity contribution is 7.13. The van der Waals surface area contributed by atoms with Crippen LogP contribution in [0.15, 0.2) is 23.6 Å². The normalized spacial score (nSPS) is 12.0. The first-order valence-corrected chi connectivity index (χ1v) is 10.3. The van der Waals surface area contributed by atoms with Gasteiger partial charge in [-0.3, -0.25) is 9.48 Å². The maximum Gasteiger partial charge on any atom is 0.433 e. The standard InChI is InChI=1S/C19H16ClF3N6OS/c1-9-11(10(2)28(3)26-9)8-24-18(30)16-15(20)17-25-12(13-5-4-6-31-13)7-14(19(21,22)23)29(17)27-16/h4-7H,8H2,1-3H3,(H,24,30). The molecular weight excluding hydrogens is 453 g/mol. The molecule has 162 valence electrons. The molecule has 0 aliphatic rings. The predicted molar refractivity (Wildman–Crippen MR) is 110 cm³/mol. The number of aromatic nitrogens is 5. The number of alkyl halides is 3. The molecule has 0 aliphatic carbocycles. The third kappa shape index (κ3) is 3.79. The highest BCUT2D eigenvalue weighted by atomic mass is 35.5. The van der Waals surface area contributed by atoms with Crippen molar-refractivity contribution in [3.63, 3.8) is 0 Å². The van der Waals surface area contributed by atoms with Crippen molar-refractivity contribution in [3.05, 3.63) is 56.9 Å². The van der Waals surface area contributed by atoms with Crippen molar-refractivity contribution in [3.8, 4) is 10.6 Å². The second-order valence-corrected chi connectivity index (χ2v) is 8.18. The summed E-state index contributed by atoms with van der Waals surface area (Å²) in [6, 6.07) is 4.25. The van der Waals surface area contributed by atoms with Crippen molar-refractivity contribution < 1.29 is 18.0 Å². The second-order valence-electron chi connectivity index (χ2n) is 6.86. The molecule has 0 aliphatic heterocycles. The lowest BCUT2D eigenvalue weighted by molar-refractivity contribution is -0.142. The number of nitrogens with one attached hydrogen (secondary N) is 1. The number of aryl methyl sites for hydroxylation is 2. The molecule has 0 fully saturated rings. The summed E-state index contributed by atoms with van der Waals surface area (Å²) in [5.41, 5.74) is 0.875. The molecule has 0 saturated heterocycles. The highest BCUT2D eigenvalue weighted by Gasteiger charge is 2.36. The van der Waals surface area contributed by atoms with Gasteiger partial charge in [0.05, 0.1) is 16.3 Å². The van der Waals surface area contributed by atoms with Crippen molar-refractivity contribution in [1.82, 2.24) is 29.7 Å². The molecule has 1 amide bonds. The summed E-state index contributed by atoms with van der Waals surface area (Å²) in [7, 11) is 1.78. The third-order valence-corrected chi connectivity index (χ3v) is 6.14. The molecule has 4 heterocycles. The van der Waals surface area contributed by atoms with E-state index in [0.717, 1.165) is 23.0 Å². The van der Waals surface area contributed by atoms with Gasteiger partial charge in [0.1, 0.15) is 5.02 Å². The monoisotopic (exact) mass is 468 g/mol. The first-order chi connectivity index (χ1) is 14.6. The van der Waals surface area contributed by atoms with Crippen LogP contribution in [-0.2, 0) is 19.8 Å². The molecule has 0 radical (unpaired) electrons. The number of nitrogens with zero attached hydrogens (tertiary/aromatic N) is 5. The Kier molecular flexibility index (Phi) is 5.26. The number of carbonyl (C=O) groups is 1. The lowest BCUT2D eigenvalue weighted by Gasteiger charge is -2.10. The summed E-state index contributed by atoms with van der Waals surface area (Å²) in [5.74, 6) is -0.705. The van der Waals surface area contributed by atoms with Gasteiger partial charge >= 0.3 is 6.18 Å². The molecule has 0 atom stereocenters. The van der Waals surface area contributed by atoms with E-state index in [1.807, 2.05) is 6.92 Å². The molecule has 31 heavy (non-hydrogen) atoms. The minimum absolute atomic E-state index is 0.102. The predicted octanol–water partition coefficient (Wildman–Crippen LogP) is 4.41. The maximum atomic E-state index is 13.7. The van der Waals surface area contributed by atoms with Crippen LogP contribution < -0.4 is 5.32 Å². The van der Waals surface area contributed by atoms with Crippen molar-refractivity contribution in [2.45, 2.75) is 26.6 Å². The molecule has 12 heteroatoms. The summed E-state index contributed by atoms with van der Waals surface area (Å²) >= 11 is 7.51. The van der Waals surface area contributed by atoms with Crippen molar-refractivity contribution in [1.29, 1.82) is 0 Å². The smallest absolute Gasteiger partial charge is 0.346 e. The van der Waals surface area contributed by atoms with Crippen LogP contribution in [0.3, 0.4) is 0 Å². The van der Waals surface area contributed by atoms with E-state index in [9.17, 15) is 18.0 Å². The Morgan fingerprint density at radius 1 is 1.29 bits per heavy atom. The average molecular weight is 469 g/mol. The topological polar surface area (TPSA) is 77.1 Å². The number of fused-ring (bicyclic) bond motifs is 1. The number of thiophene rings is 1. The quantitative estimate of drug-likeness (QED) is 0.481. The highest BCUT2D eigenvalue weighted by Crippen LogP contribution is 2.35. The third-order valence-electron chi connectivity index (χ3n) is 4.90. The van der Waals surface area contributed by atoms with Gasteiger partial charge in [0.15, 0.2) is 17.0 Å².